The molecule has 0 aliphatic heterocycles. The van der Waals surface area contributed by atoms with Crippen LogP contribution in [-0.4, -0.2) is 39.2 Å². The molecule has 0 aliphatic carbocycles. The minimum Gasteiger partial charge on any atom is -0.368 e. The smallest absolute Gasteiger partial charge is 0.368 e. The van der Waals surface area contributed by atoms with Crippen molar-refractivity contribution in [1.82, 2.24) is 19.9 Å². The fraction of sp³-hybridized carbons (Fsp3) is 0.444. The van der Waals surface area contributed by atoms with E-state index in [0.29, 0.717) is 5.52 Å². The molecular weight excluding hydrogens is 249 g/mol. The number of aromatic amines is 1. The Morgan fingerprint density at radius 1 is 1.39 bits per heavy atom. The molecule has 0 radical (unpaired) electrons. The van der Waals surface area contributed by atoms with Crippen LogP contribution in [0.1, 0.15) is 6.92 Å². The SMILES string of the molecule is CCN(CC(F)(F)F)c1nc(N)nc2nc[nH]c12. The Labute approximate surface area is 100 Å². The first-order valence-electron chi connectivity index (χ1n) is 5.19. The highest BCUT2D eigenvalue weighted by Crippen LogP contribution is 2.25. The van der Waals surface area contributed by atoms with Gasteiger partial charge in [-0.2, -0.15) is 23.1 Å². The second-order valence-corrected chi connectivity index (χ2v) is 3.64. The van der Waals surface area contributed by atoms with E-state index in [2.05, 4.69) is 19.9 Å². The number of rotatable bonds is 3. The summed E-state index contributed by atoms with van der Waals surface area (Å²) >= 11 is 0. The van der Waals surface area contributed by atoms with Crippen molar-refractivity contribution in [2.45, 2.75) is 13.1 Å². The van der Waals surface area contributed by atoms with Crippen molar-refractivity contribution in [2.24, 2.45) is 0 Å². The number of alkyl halides is 3. The Morgan fingerprint density at radius 2 is 2.11 bits per heavy atom. The van der Waals surface area contributed by atoms with Crippen molar-refractivity contribution >= 4 is 22.9 Å². The Kier molecular flexibility index (Phi) is 2.97. The molecule has 0 unspecified atom stereocenters. The van der Waals surface area contributed by atoms with E-state index in [1.54, 1.807) is 6.92 Å². The maximum absolute atomic E-state index is 12.5. The van der Waals surface area contributed by atoms with Crippen molar-refractivity contribution in [2.75, 3.05) is 23.7 Å². The molecule has 0 atom stereocenters. The lowest BCUT2D eigenvalue weighted by atomic mass is 10.4. The molecule has 2 rings (SSSR count). The van der Waals surface area contributed by atoms with Gasteiger partial charge < -0.3 is 15.6 Å². The van der Waals surface area contributed by atoms with E-state index < -0.39 is 12.7 Å². The highest BCUT2D eigenvalue weighted by molar-refractivity contribution is 5.84. The third-order valence-electron chi connectivity index (χ3n) is 2.34. The van der Waals surface area contributed by atoms with Crippen molar-refractivity contribution in [1.29, 1.82) is 0 Å². The highest BCUT2D eigenvalue weighted by atomic mass is 19.4. The number of fused-ring (bicyclic) bond motifs is 1. The lowest BCUT2D eigenvalue weighted by Crippen LogP contribution is -2.35. The normalized spacial score (nSPS) is 12.0. The minimum atomic E-state index is -4.32. The lowest BCUT2D eigenvalue weighted by molar-refractivity contribution is -0.119. The predicted molar refractivity (Wildman–Crippen MR) is 60.0 cm³/mol. The number of nitrogens with two attached hydrogens (primary N) is 1. The molecule has 18 heavy (non-hydrogen) atoms. The molecule has 0 amide bonds. The van der Waals surface area contributed by atoms with Gasteiger partial charge in [-0.1, -0.05) is 0 Å². The number of hydrogen-bond donors (Lipinski definition) is 2. The molecule has 0 aromatic carbocycles. The van der Waals surface area contributed by atoms with Gasteiger partial charge in [-0.05, 0) is 6.92 Å². The molecule has 0 bridgehead atoms. The topological polar surface area (TPSA) is 83.7 Å². The average Bonchev–Trinajstić information content (AvgIpc) is 2.71. The van der Waals surface area contributed by atoms with E-state index in [9.17, 15) is 13.2 Å². The average molecular weight is 260 g/mol. The maximum Gasteiger partial charge on any atom is 0.405 e. The fourth-order valence-corrected chi connectivity index (χ4v) is 1.62. The quantitative estimate of drug-likeness (QED) is 0.869. The van der Waals surface area contributed by atoms with Crippen LogP contribution in [-0.2, 0) is 0 Å². The first kappa shape index (κ1) is 12.4. The third-order valence-corrected chi connectivity index (χ3v) is 2.34. The Bertz CT molecular complexity index is 549. The van der Waals surface area contributed by atoms with E-state index in [0.717, 1.165) is 4.90 Å². The number of anilines is 2. The third kappa shape index (κ3) is 2.44. The summed E-state index contributed by atoms with van der Waals surface area (Å²) in [6.07, 6.45) is -2.98. The highest BCUT2D eigenvalue weighted by Gasteiger charge is 2.31. The molecule has 6 nitrogen and oxygen atoms in total. The summed E-state index contributed by atoms with van der Waals surface area (Å²) in [5.41, 5.74) is 6.05. The van der Waals surface area contributed by atoms with Gasteiger partial charge in [-0.25, -0.2) is 4.98 Å². The summed E-state index contributed by atoms with van der Waals surface area (Å²) in [7, 11) is 0. The Hall–Kier alpha value is -2.06. The van der Waals surface area contributed by atoms with Gasteiger partial charge in [0.2, 0.25) is 5.95 Å². The molecule has 2 aromatic rings. The van der Waals surface area contributed by atoms with Gasteiger partial charge in [-0.15, -0.1) is 0 Å². The zero-order valence-corrected chi connectivity index (χ0v) is 9.49. The molecule has 0 saturated heterocycles. The monoisotopic (exact) mass is 260 g/mol. The summed E-state index contributed by atoms with van der Waals surface area (Å²) in [6.45, 7) is 0.643. The second kappa shape index (κ2) is 4.31. The van der Waals surface area contributed by atoms with E-state index in [1.807, 2.05) is 0 Å². The lowest BCUT2D eigenvalue weighted by Gasteiger charge is -2.23. The summed E-state index contributed by atoms with van der Waals surface area (Å²) in [6, 6.07) is 0. The van der Waals surface area contributed by atoms with Crippen molar-refractivity contribution in [3.63, 3.8) is 0 Å². The van der Waals surface area contributed by atoms with Crippen LogP contribution in [0.5, 0.6) is 0 Å². The van der Waals surface area contributed by atoms with Crippen LogP contribution in [0.3, 0.4) is 0 Å². The number of imidazole rings is 1. The van der Waals surface area contributed by atoms with Crippen LogP contribution < -0.4 is 10.6 Å². The zero-order valence-electron chi connectivity index (χ0n) is 9.49. The zero-order chi connectivity index (χ0) is 13.3. The molecular formula is C9H11F3N6. The minimum absolute atomic E-state index is 0.106. The summed E-state index contributed by atoms with van der Waals surface area (Å²) < 4.78 is 37.4. The number of nitrogens with one attached hydrogen (secondary N) is 1. The van der Waals surface area contributed by atoms with Gasteiger partial charge in [0.15, 0.2) is 11.5 Å². The van der Waals surface area contributed by atoms with E-state index in [1.165, 1.54) is 6.33 Å². The molecule has 0 saturated carbocycles. The molecule has 2 aromatic heterocycles. The van der Waals surface area contributed by atoms with Crippen LogP contribution >= 0.6 is 0 Å². The second-order valence-electron chi connectivity index (χ2n) is 3.64. The maximum atomic E-state index is 12.5. The van der Waals surface area contributed by atoms with Gasteiger partial charge in [0.25, 0.3) is 0 Å². The molecule has 0 aliphatic rings. The van der Waals surface area contributed by atoms with Gasteiger partial charge in [0, 0.05) is 6.54 Å². The Morgan fingerprint density at radius 3 is 2.72 bits per heavy atom. The van der Waals surface area contributed by atoms with Crippen LogP contribution in [0.2, 0.25) is 0 Å². The van der Waals surface area contributed by atoms with Crippen molar-refractivity contribution < 1.29 is 13.2 Å². The number of nitrogens with zero attached hydrogens (tertiary/aromatic N) is 4. The van der Waals surface area contributed by atoms with Crippen LogP contribution in [0.25, 0.3) is 11.2 Å². The molecule has 9 heteroatoms. The first-order chi connectivity index (χ1) is 8.40. The fourth-order valence-electron chi connectivity index (χ4n) is 1.62. The van der Waals surface area contributed by atoms with Crippen LogP contribution in [0.15, 0.2) is 6.33 Å². The largest absolute Gasteiger partial charge is 0.405 e. The van der Waals surface area contributed by atoms with E-state index in [-0.39, 0.29) is 24.0 Å². The van der Waals surface area contributed by atoms with Crippen molar-refractivity contribution in [3.8, 4) is 0 Å². The molecule has 98 valence electrons. The summed E-state index contributed by atoms with van der Waals surface area (Å²) in [5.74, 6) is 0.0000458. The van der Waals surface area contributed by atoms with Gasteiger partial charge in [0.1, 0.15) is 12.1 Å². The van der Waals surface area contributed by atoms with Gasteiger partial charge >= 0.3 is 6.18 Å². The van der Waals surface area contributed by atoms with Gasteiger partial charge in [0.05, 0.1) is 6.33 Å². The molecule has 0 fully saturated rings. The molecule has 0 spiro atoms. The van der Waals surface area contributed by atoms with E-state index in [4.69, 9.17) is 5.73 Å². The van der Waals surface area contributed by atoms with Crippen molar-refractivity contribution in [3.05, 3.63) is 6.33 Å². The standard InChI is InChI=1S/C9H11F3N6/c1-2-18(3-9(10,11)12)7-5-6(15-4-14-5)16-8(13)17-7/h4H,2-3H2,1H3,(H3,13,14,15,16,17). The first-order valence-corrected chi connectivity index (χ1v) is 5.19. The number of aromatic nitrogens is 4. The molecule has 2 heterocycles. The summed E-state index contributed by atoms with van der Waals surface area (Å²) in [5, 5.41) is 0. The summed E-state index contributed by atoms with van der Waals surface area (Å²) in [4.78, 5) is 15.3. The number of nitrogen functional groups attached to an aromatic ring is 1. The number of H-pyrrole nitrogens is 1. The van der Waals surface area contributed by atoms with Crippen LogP contribution in [0.4, 0.5) is 24.9 Å². The molecule has 3 N–H and O–H groups in total. The van der Waals surface area contributed by atoms with Crippen LogP contribution in [0, 0.1) is 0 Å². The van der Waals surface area contributed by atoms with Gasteiger partial charge in [-0.3, -0.25) is 0 Å². The number of halogens is 3. The van der Waals surface area contributed by atoms with E-state index >= 15 is 0 Å². The number of hydrogen-bond acceptors (Lipinski definition) is 5. The Balaban J connectivity index is 2.47. The predicted octanol–water partition coefficient (Wildman–Crippen LogP) is 1.32.